The second-order valence-electron chi connectivity index (χ2n) is 16.3. The number of benzene rings is 3. The van der Waals surface area contributed by atoms with E-state index in [1.807, 2.05) is 9.80 Å². The highest BCUT2D eigenvalue weighted by Gasteiger charge is 2.40. The summed E-state index contributed by atoms with van der Waals surface area (Å²) in [5.74, 6) is -0.0508. The molecular weight excluding hydrogens is 741 g/mol. The Morgan fingerprint density at radius 1 is 0.776 bits per heavy atom. The maximum atomic E-state index is 13.5. The normalized spacial score (nSPS) is 21.0. The van der Waals surface area contributed by atoms with Crippen LogP contribution in [0.2, 0.25) is 0 Å². The predicted molar refractivity (Wildman–Crippen MR) is 217 cm³/mol. The highest BCUT2D eigenvalue weighted by molar-refractivity contribution is 5.87. The number of rotatable bonds is 13. The number of phenolic OH excluding ortho intramolecular Hbond substituents is 1. The number of aliphatic hydroxyl groups is 2. The average Bonchev–Trinajstić information content (AvgIpc) is 3.26. The summed E-state index contributed by atoms with van der Waals surface area (Å²) in [6.07, 6.45) is 5.41. The number of H-pyrrole nitrogens is 1. The van der Waals surface area contributed by atoms with Gasteiger partial charge in [-0.25, -0.2) is 4.79 Å². The Morgan fingerprint density at radius 3 is 2.00 bits per heavy atom. The van der Waals surface area contributed by atoms with Crippen molar-refractivity contribution in [1.82, 2.24) is 20.1 Å². The monoisotopic (exact) mass is 794 g/mol. The number of likely N-dealkylation sites (tertiary alicyclic amines) is 2. The number of hydrogen-bond donors (Lipinski definition) is 6. The molecular formula is C45H54N4O9. The van der Waals surface area contributed by atoms with Gasteiger partial charge in [0.2, 0.25) is 23.0 Å². The van der Waals surface area contributed by atoms with Crippen molar-refractivity contribution in [2.45, 2.75) is 63.1 Å². The summed E-state index contributed by atoms with van der Waals surface area (Å²) in [6, 6.07) is 21.0. The smallest absolute Gasteiger partial charge is 0.345 e. The molecule has 13 heteroatoms. The van der Waals surface area contributed by atoms with Gasteiger partial charge in [0.1, 0.15) is 11.5 Å². The summed E-state index contributed by atoms with van der Waals surface area (Å²) in [6.45, 7) is 4.16. The SMILES string of the molecule is O=C(C1CCC(C(=O)N2CCC(COc3cccc([C@](O)(C(=O)O)c4ccccc4)c3)CC2)CC1)N1CCC(CNC[C@H](O)c2ccc(O)c3[nH]c(=O)ccc23)CC1. The molecule has 6 N–H and O–H groups in total. The number of hydrogen-bond acceptors (Lipinski definition) is 9. The lowest BCUT2D eigenvalue weighted by molar-refractivity contribution is -0.155. The van der Waals surface area contributed by atoms with E-state index in [1.54, 1.807) is 66.7 Å². The van der Waals surface area contributed by atoms with E-state index in [4.69, 9.17) is 4.74 Å². The van der Waals surface area contributed by atoms with Gasteiger partial charge in [-0.3, -0.25) is 14.4 Å². The fourth-order valence-corrected chi connectivity index (χ4v) is 8.98. The minimum absolute atomic E-state index is 0.0429. The lowest BCUT2D eigenvalue weighted by atomic mass is 9.80. The number of carbonyl (C=O) groups is 3. The van der Waals surface area contributed by atoms with Crippen LogP contribution in [0.5, 0.6) is 11.5 Å². The van der Waals surface area contributed by atoms with Gasteiger partial charge in [-0.1, -0.05) is 48.5 Å². The summed E-state index contributed by atoms with van der Waals surface area (Å²) < 4.78 is 6.09. The van der Waals surface area contributed by atoms with Gasteiger partial charge in [0, 0.05) is 61.6 Å². The van der Waals surface area contributed by atoms with Crippen molar-refractivity contribution in [3.63, 3.8) is 0 Å². The Labute approximate surface area is 337 Å². The van der Waals surface area contributed by atoms with Gasteiger partial charge < -0.3 is 45.3 Å². The van der Waals surface area contributed by atoms with E-state index in [0.717, 1.165) is 51.4 Å². The summed E-state index contributed by atoms with van der Waals surface area (Å²) in [5, 5.41) is 46.2. The number of aliphatic hydroxyl groups excluding tert-OH is 1. The number of amides is 2. The highest BCUT2D eigenvalue weighted by Crippen LogP contribution is 2.35. The van der Waals surface area contributed by atoms with E-state index in [0.29, 0.717) is 74.0 Å². The summed E-state index contributed by atoms with van der Waals surface area (Å²) >= 11 is 0. The van der Waals surface area contributed by atoms with Crippen LogP contribution in [0.1, 0.15) is 74.2 Å². The molecule has 1 aromatic heterocycles. The molecule has 13 nitrogen and oxygen atoms in total. The van der Waals surface area contributed by atoms with Crippen LogP contribution >= 0.6 is 0 Å². The van der Waals surface area contributed by atoms with Gasteiger partial charge >= 0.3 is 5.97 Å². The maximum Gasteiger partial charge on any atom is 0.345 e. The topological polar surface area (TPSA) is 193 Å². The second-order valence-corrected chi connectivity index (χ2v) is 16.3. The number of nitrogens with zero attached hydrogens (tertiary/aromatic N) is 2. The molecule has 0 bridgehead atoms. The van der Waals surface area contributed by atoms with Gasteiger partial charge in [0.05, 0.1) is 18.2 Å². The number of nitrogens with one attached hydrogen (secondary N) is 2. The van der Waals surface area contributed by atoms with Crippen molar-refractivity contribution < 1.29 is 39.5 Å². The number of pyridine rings is 1. The molecule has 3 aliphatic rings. The number of carbonyl (C=O) groups excluding carboxylic acids is 2. The molecule has 0 spiro atoms. The molecule has 3 aromatic carbocycles. The number of aliphatic carboxylic acids is 1. The van der Waals surface area contributed by atoms with Crippen LogP contribution in [0.3, 0.4) is 0 Å². The zero-order valence-electron chi connectivity index (χ0n) is 32.7. The quantitative estimate of drug-likeness (QED) is 0.112. The average molecular weight is 795 g/mol. The van der Waals surface area contributed by atoms with Crippen molar-refractivity contribution >= 4 is 28.7 Å². The van der Waals surface area contributed by atoms with Crippen LogP contribution in [0.15, 0.2) is 83.7 Å². The number of phenols is 1. The van der Waals surface area contributed by atoms with Gasteiger partial charge in [-0.15, -0.1) is 0 Å². The van der Waals surface area contributed by atoms with E-state index in [-0.39, 0.29) is 52.0 Å². The molecule has 7 rings (SSSR count). The molecule has 2 atom stereocenters. The number of carboxylic acids is 1. The summed E-state index contributed by atoms with van der Waals surface area (Å²) in [7, 11) is 0. The molecule has 2 amide bonds. The number of ether oxygens (including phenoxy) is 1. The maximum absolute atomic E-state index is 13.5. The van der Waals surface area contributed by atoms with Crippen LogP contribution in [0.25, 0.3) is 10.9 Å². The third-order valence-electron chi connectivity index (χ3n) is 12.6. The van der Waals surface area contributed by atoms with Crippen LogP contribution in [0, 0.1) is 23.7 Å². The summed E-state index contributed by atoms with van der Waals surface area (Å²) in [5.41, 5.74) is -1.12. The third-order valence-corrected chi connectivity index (χ3v) is 12.6. The molecule has 0 radical (unpaired) electrons. The largest absolute Gasteiger partial charge is 0.506 e. The van der Waals surface area contributed by atoms with E-state index in [2.05, 4.69) is 10.3 Å². The Bertz CT molecular complexity index is 2120. The lowest BCUT2D eigenvalue weighted by Crippen LogP contribution is -2.46. The minimum atomic E-state index is -2.21. The van der Waals surface area contributed by atoms with Crippen LogP contribution < -0.4 is 15.6 Å². The molecule has 1 aliphatic carbocycles. The number of carboxylic acid groups (broad SMARTS) is 1. The Morgan fingerprint density at radius 2 is 1.38 bits per heavy atom. The number of aromatic nitrogens is 1. The third kappa shape index (κ3) is 9.06. The molecule has 3 heterocycles. The predicted octanol–water partition coefficient (Wildman–Crippen LogP) is 4.54. The molecule has 308 valence electrons. The minimum Gasteiger partial charge on any atom is -0.506 e. The number of piperidine rings is 2. The van der Waals surface area contributed by atoms with Crippen molar-refractivity contribution in [2.24, 2.45) is 23.7 Å². The molecule has 2 aliphatic heterocycles. The van der Waals surface area contributed by atoms with Gasteiger partial charge in [-0.2, -0.15) is 0 Å². The van der Waals surface area contributed by atoms with E-state index in [9.17, 15) is 39.6 Å². The number of fused-ring (bicyclic) bond motifs is 1. The highest BCUT2D eigenvalue weighted by atomic mass is 16.5. The van der Waals surface area contributed by atoms with Crippen LogP contribution in [-0.4, -0.2) is 98.9 Å². The molecule has 0 unspecified atom stereocenters. The van der Waals surface area contributed by atoms with Crippen LogP contribution in [-0.2, 0) is 20.0 Å². The number of aromatic hydroxyl groups is 1. The van der Waals surface area contributed by atoms with E-state index in [1.165, 1.54) is 12.1 Å². The molecule has 1 saturated carbocycles. The van der Waals surface area contributed by atoms with Crippen molar-refractivity contribution in [3.05, 3.63) is 106 Å². The first-order chi connectivity index (χ1) is 28.0. The molecule has 2 saturated heterocycles. The molecule has 3 fully saturated rings. The Balaban J connectivity index is 0.799. The van der Waals surface area contributed by atoms with Crippen molar-refractivity contribution in [3.8, 4) is 11.5 Å². The lowest BCUT2D eigenvalue weighted by Gasteiger charge is -2.38. The van der Waals surface area contributed by atoms with E-state index < -0.39 is 17.7 Å². The van der Waals surface area contributed by atoms with Gasteiger partial charge in [0.15, 0.2) is 0 Å². The number of aromatic amines is 1. The first kappa shape index (κ1) is 40.9. The fraction of sp³-hybridized carbons (Fsp3) is 0.467. The molecule has 58 heavy (non-hydrogen) atoms. The first-order valence-corrected chi connectivity index (χ1v) is 20.6. The fourth-order valence-electron chi connectivity index (χ4n) is 8.98. The first-order valence-electron chi connectivity index (χ1n) is 20.6. The van der Waals surface area contributed by atoms with E-state index >= 15 is 0 Å². The second kappa shape index (κ2) is 18.1. The zero-order valence-corrected chi connectivity index (χ0v) is 32.7. The van der Waals surface area contributed by atoms with Crippen LogP contribution in [0.4, 0.5) is 0 Å². The van der Waals surface area contributed by atoms with Gasteiger partial charge in [-0.05, 0) is 105 Å². The Hall–Kier alpha value is -5.24. The van der Waals surface area contributed by atoms with Crippen molar-refractivity contribution in [2.75, 3.05) is 45.9 Å². The Kier molecular flexibility index (Phi) is 12.8. The molecule has 4 aromatic rings. The van der Waals surface area contributed by atoms with Crippen molar-refractivity contribution in [1.29, 1.82) is 0 Å². The zero-order chi connectivity index (χ0) is 40.8. The van der Waals surface area contributed by atoms with Gasteiger partial charge in [0.25, 0.3) is 0 Å². The summed E-state index contributed by atoms with van der Waals surface area (Å²) in [4.78, 5) is 57.6. The standard InChI is InChI=1S/C45H54N4O9/c50-38-15-13-36(37-14-16-40(52)47-41(37)38)39(51)27-46-26-29-17-21-48(22-18-29)42(53)31-9-11-32(12-10-31)43(54)49-23-19-30(20-24-49)28-58-35-8-4-7-34(25-35)45(57,44(55)56)33-5-2-1-3-6-33/h1-8,13-16,25,29-32,39,46,50-51,57H,9-12,17-24,26-28H2,(H,47,52)(H,55,56)/t31?,32?,39-,45-/m0/s1.